The van der Waals surface area contributed by atoms with Crippen molar-refractivity contribution in [1.82, 2.24) is 15.8 Å². The Bertz CT molecular complexity index is 552. The number of carbonyl (C=O) groups excluding carboxylic acids is 1. The summed E-state index contributed by atoms with van der Waals surface area (Å²) < 4.78 is 0. The maximum Gasteiger partial charge on any atom is 0.266 e. The van der Waals surface area contributed by atoms with Gasteiger partial charge in [0.15, 0.2) is 0 Å². The number of nitrogens with zero attached hydrogens (tertiary/aromatic N) is 2. The van der Waals surface area contributed by atoms with E-state index in [2.05, 4.69) is 15.8 Å². The van der Waals surface area contributed by atoms with Gasteiger partial charge in [-0.05, 0) is 29.8 Å². The second kappa shape index (κ2) is 6.68. The van der Waals surface area contributed by atoms with E-state index in [-0.39, 0.29) is 5.91 Å². The van der Waals surface area contributed by atoms with Crippen molar-refractivity contribution < 1.29 is 4.79 Å². The minimum atomic E-state index is -0.192. The van der Waals surface area contributed by atoms with Crippen molar-refractivity contribution in [2.45, 2.75) is 6.54 Å². The number of nitrogens with one attached hydrogen (secondary N) is 2. The Morgan fingerprint density at radius 2 is 1.95 bits per heavy atom. The smallest absolute Gasteiger partial charge is 0.266 e. The van der Waals surface area contributed by atoms with Crippen LogP contribution in [0.3, 0.4) is 0 Å². The highest BCUT2D eigenvalue weighted by molar-refractivity contribution is 5.93. The zero-order valence-electron chi connectivity index (χ0n) is 11.6. The Kier molecular flexibility index (Phi) is 4.68. The predicted octanol–water partition coefficient (Wildman–Crippen LogP) is 1.58. The first-order chi connectivity index (χ1) is 9.66. The normalized spacial score (nSPS) is 10.1. The predicted molar refractivity (Wildman–Crippen MR) is 79.3 cm³/mol. The summed E-state index contributed by atoms with van der Waals surface area (Å²) in [5, 5.41) is 0. The van der Waals surface area contributed by atoms with Crippen LogP contribution in [0, 0.1) is 0 Å². The zero-order chi connectivity index (χ0) is 14.4. The lowest BCUT2D eigenvalue weighted by atomic mass is 10.2. The number of hydrogen-bond donors (Lipinski definition) is 2. The van der Waals surface area contributed by atoms with Crippen LogP contribution in [0.4, 0.5) is 5.69 Å². The van der Waals surface area contributed by atoms with Gasteiger partial charge in [-0.15, -0.1) is 0 Å². The van der Waals surface area contributed by atoms with Gasteiger partial charge in [0.2, 0.25) is 0 Å². The van der Waals surface area contributed by atoms with Crippen molar-refractivity contribution in [3.8, 4) is 0 Å². The molecule has 0 bridgehead atoms. The van der Waals surface area contributed by atoms with Crippen LogP contribution >= 0.6 is 0 Å². The Hall–Kier alpha value is -2.40. The first-order valence-corrected chi connectivity index (χ1v) is 6.36. The van der Waals surface area contributed by atoms with E-state index in [0.717, 1.165) is 11.3 Å². The van der Waals surface area contributed by atoms with Gasteiger partial charge < -0.3 is 4.90 Å². The Morgan fingerprint density at radius 1 is 1.20 bits per heavy atom. The monoisotopic (exact) mass is 270 g/mol. The number of aromatic nitrogens is 1. The number of amides is 1. The summed E-state index contributed by atoms with van der Waals surface area (Å²) in [4.78, 5) is 17.7. The Balaban J connectivity index is 1.82. The first kappa shape index (κ1) is 14.0. The molecular formula is C15H18N4O. The molecule has 1 aromatic carbocycles. The lowest BCUT2D eigenvalue weighted by molar-refractivity contribution is 0.0932. The van der Waals surface area contributed by atoms with Crippen molar-refractivity contribution in [3.63, 3.8) is 0 Å². The average molecular weight is 270 g/mol. The van der Waals surface area contributed by atoms with E-state index < -0.39 is 0 Å². The number of carbonyl (C=O) groups is 1. The molecule has 2 rings (SSSR count). The number of hydrogen-bond acceptors (Lipinski definition) is 4. The molecule has 2 N–H and O–H groups in total. The molecule has 0 aliphatic carbocycles. The van der Waals surface area contributed by atoms with Crippen LogP contribution in [0.15, 0.2) is 48.8 Å². The number of benzene rings is 1. The number of hydrazine groups is 1. The Morgan fingerprint density at radius 3 is 2.55 bits per heavy atom. The molecule has 5 heteroatoms. The summed E-state index contributed by atoms with van der Waals surface area (Å²) >= 11 is 0. The SMILES string of the molecule is CN(C)c1ccc(CNNC(=O)c2cccnc2)cc1. The summed E-state index contributed by atoms with van der Waals surface area (Å²) in [5.74, 6) is -0.192. The minimum absolute atomic E-state index is 0.192. The molecule has 5 nitrogen and oxygen atoms in total. The molecule has 0 saturated carbocycles. The van der Waals surface area contributed by atoms with Crippen LogP contribution in [-0.2, 0) is 6.54 Å². The molecule has 1 amide bonds. The lowest BCUT2D eigenvalue weighted by Gasteiger charge is -2.13. The van der Waals surface area contributed by atoms with Crippen LogP contribution in [-0.4, -0.2) is 25.0 Å². The van der Waals surface area contributed by atoms with E-state index >= 15 is 0 Å². The molecule has 0 aliphatic rings. The third-order valence-electron chi connectivity index (χ3n) is 2.87. The molecule has 0 radical (unpaired) electrons. The van der Waals surface area contributed by atoms with Crippen molar-refractivity contribution in [3.05, 3.63) is 59.9 Å². The standard InChI is InChI=1S/C15H18N4O/c1-19(2)14-7-5-12(6-8-14)10-17-18-15(20)13-4-3-9-16-11-13/h3-9,11,17H,10H2,1-2H3,(H,18,20). The molecular weight excluding hydrogens is 252 g/mol. The third-order valence-corrected chi connectivity index (χ3v) is 2.87. The van der Waals surface area contributed by atoms with E-state index in [1.54, 1.807) is 18.3 Å². The van der Waals surface area contributed by atoms with Gasteiger partial charge in [0, 0.05) is 38.7 Å². The van der Waals surface area contributed by atoms with Gasteiger partial charge in [-0.25, -0.2) is 5.43 Å². The molecule has 0 saturated heterocycles. The fourth-order valence-corrected chi connectivity index (χ4v) is 1.71. The van der Waals surface area contributed by atoms with Gasteiger partial charge in [-0.1, -0.05) is 12.1 Å². The maximum absolute atomic E-state index is 11.8. The average Bonchev–Trinajstić information content (AvgIpc) is 2.48. The van der Waals surface area contributed by atoms with Crippen LogP contribution in [0.2, 0.25) is 0 Å². The molecule has 1 aromatic heterocycles. The van der Waals surface area contributed by atoms with Crippen LogP contribution in [0.1, 0.15) is 15.9 Å². The van der Waals surface area contributed by atoms with Crippen molar-refractivity contribution in [2.75, 3.05) is 19.0 Å². The number of pyridine rings is 1. The van der Waals surface area contributed by atoms with Crippen LogP contribution in [0.25, 0.3) is 0 Å². The van der Waals surface area contributed by atoms with Gasteiger partial charge in [0.05, 0.1) is 5.56 Å². The molecule has 0 fully saturated rings. The van der Waals surface area contributed by atoms with Crippen molar-refractivity contribution in [1.29, 1.82) is 0 Å². The first-order valence-electron chi connectivity index (χ1n) is 6.36. The fraction of sp³-hybridized carbons (Fsp3) is 0.200. The molecule has 1 heterocycles. The van der Waals surface area contributed by atoms with Gasteiger partial charge in [0.1, 0.15) is 0 Å². The second-order valence-corrected chi connectivity index (χ2v) is 4.61. The van der Waals surface area contributed by atoms with E-state index in [4.69, 9.17) is 0 Å². The number of rotatable bonds is 5. The largest absolute Gasteiger partial charge is 0.378 e. The highest BCUT2D eigenvalue weighted by Crippen LogP contribution is 2.11. The van der Waals surface area contributed by atoms with Gasteiger partial charge >= 0.3 is 0 Å². The third kappa shape index (κ3) is 3.80. The molecule has 0 spiro atoms. The van der Waals surface area contributed by atoms with E-state index in [0.29, 0.717) is 12.1 Å². The van der Waals surface area contributed by atoms with Crippen molar-refractivity contribution in [2.24, 2.45) is 0 Å². The van der Waals surface area contributed by atoms with Gasteiger partial charge in [-0.2, -0.15) is 0 Å². The topological polar surface area (TPSA) is 57.3 Å². The van der Waals surface area contributed by atoms with Crippen LogP contribution in [0.5, 0.6) is 0 Å². The number of anilines is 1. The summed E-state index contributed by atoms with van der Waals surface area (Å²) in [6, 6.07) is 11.6. The highest BCUT2D eigenvalue weighted by atomic mass is 16.2. The van der Waals surface area contributed by atoms with Gasteiger partial charge in [-0.3, -0.25) is 15.2 Å². The minimum Gasteiger partial charge on any atom is -0.378 e. The van der Waals surface area contributed by atoms with E-state index in [1.165, 1.54) is 6.20 Å². The molecule has 0 atom stereocenters. The quantitative estimate of drug-likeness (QED) is 0.810. The summed E-state index contributed by atoms with van der Waals surface area (Å²) in [5.41, 5.74) is 8.33. The van der Waals surface area contributed by atoms with Gasteiger partial charge in [0.25, 0.3) is 5.91 Å². The Labute approximate surface area is 118 Å². The lowest BCUT2D eigenvalue weighted by Crippen LogP contribution is -2.36. The fourth-order valence-electron chi connectivity index (χ4n) is 1.71. The van der Waals surface area contributed by atoms with Crippen molar-refractivity contribution >= 4 is 11.6 Å². The molecule has 0 unspecified atom stereocenters. The van der Waals surface area contributed by atoms with Crippen LogP contribution < -0.4 is 15.8 Å². The molecule has 0 aliphatic heterocycles. The van der Waals surface area contributed by atoms with E-state index in [1.807, 2.05) is 43.3 Å². The summed E-state index contributed by atoms with van der Waals surface area (Å²) in [6.07, 6.45) is 3.17. The molecule has 20 heavy (non-hydrogen) atoms. The van der Waals surface area contributed by atoms with E-state index in [9.17, 15) is 4.79 Å². The maximum atomic E-state index is 11.8. The summed E-state index contributed by atoms with van der Waals surface area (Å²) in [7, 11) is 4.00. The summed E-state index contributed by atoms with van der Waals surface area (Å²) in [6.45, 7) is 0.569. The second-order valence-electron chi connectivity index (χ2n) is 4.61. The highest BCUT2D eigenvalue weighted by Gasteiger charge is 2.03. The zero-order valence-corrected chi connectivity index (χ0v) is 11.6. The molecule has 2 aromatic rings. The molecule has 104 valence electrons.